The topological polar surface area (TPSA) is 78.3 Å². The third-order valence-corrected chi connectivity index (χ3v) is 0.613. The van der Waals surface area contributed by atoms with E-state index < -0.39 is 5.97 Å². The number of hydrogen-bond donors (Lipinski definition) is 2. The summed E-state index contributed by atoms with van der Waals surface area (Å²) in [5.74, 6) is -0.597. The molecule has 4 N–H and O–H groups in total. The summed E-state index contributed by atoms with van der Waals surface area (Å²) < 4.78 is 4.46. The molecular formula is C5H10N2O2. The van der Waals surface area contributed by atoms with Gasteiger partial charge in [0, 0.05) is 6.54 Å². The average Bonchev–Trinajstić information content (AvgIpc) is 1.82. The highest BCUT2D eigenvalue weighted by Gasteiger charge is 2.00. The lowest BCUT2D eigenvalue weighted by atomic mass is 10.5. The summed E-state index contributed by atoms with van der Waals surface area (Å²) >= 11 is 0. The average molecular weight is 130 g/mol. The maximum Gasteiger partial charge on any atom is 0.353 e. The van der Waals surface area contributed by atoms with Crippen LogP contribution in [0.25, 0.3) is 0 Å². The van der Waals surface area contributed by atoms with Crippen LogP contribution in [0.1, 0.15) is 0 Å². The highest BCUT2D eigenvalue weighted by Crippen LogP contribution is 1.82. The molecule has 0 saturated heterocycles. The summed E-state index contributed by atoms with van der Waals surface area (Å²) in [5.41, 5.74) is 9.90. The first-order valence-corrected chi connectivity index (χ1v) is 2.50. The lowest BCUT2D eigenvalue weighted by molar-refractivity contribution is -0.138. The third kappa shape index (κ3) is 3.54. The number of esters is 1. The van der Waals surface area contributed by atoms with Crippen molar-refractivity contribution in [3.63, 3.8) is 0 Å². The molecule has 0 atom stereocenters. The van der Waals surface area contributed by atoms with E-state index in [9.17, 15) is 4.79 Å². The SMILES string of the molecule is C=C(N)C(=O)OCCN. The molecule has 0 amide bonds. The van der Waals surface area contributed by atoms with E-state index >= 15 is 0 Å². The van der Waals surface area contributed by atoms with Crippen molar-refractivity contribution in [1.29, 1.82) is 0 Å². The summed E-state index contributed by atoms with van der Waals surface area (Å²) in [6.45, 7) is 3.66. The molecule has 0 aliphatic carbocycles. The van der Waals surface area contributed by atoms with Gasteiger partial charge in [-0.1, -0.05) is 6.58 Å². The van der Waals surface area contributed by atoms with Crippen LogP contribution in [0.3, 0.4) is 0 Å². The lowest BCUT2D eigenvalue weighted by Crippen LogP contribution is -2.18. The van der Waals surface area contributed by atoms with Gasteiger partial charge in [-0.2, -0.15) is 0 Å². The Morgan fingerprint density at radius 3 is 2.56 bits per heavy atom. The van der Waals surface area contributed by atoms with Crippen LogP contribution in [0.5, 0.6) is 0 Å². The van der Waals surface area contributed by atoms with Gasteiger partial charge >= 0.3 is 5.97 Å². The van der Waals surface area contributed by atoms with Gasteiger partial charge in [0.05, 0.1) is 0 Å². The summed E-state index contributed by atoms with van der Waals surface area (Å²) in [6.07, 6.45) is 0. The van der Waals surface area contributed by atoms with Gasteiger partial charge in [-0.05, 0) is 0 Å². The second-order valence-corrected chi connectivity index (χ2v) is 1.45. The summed E-state index contributed by atoms with van der Waals surface area (Å²) in [4.78, 5) is 10.4. The molecule has 0 spiro atoms. The molecule has 9 heavy (non-hydrogen) atoms. The Hall–Kier alpha value is -1.03. The molecule has 52 valence electrons. The minimum atomic E-state index is -0.597. The van der Waals surface area contributed by atoms with Gasteiger partial charge in [0.15, 0.2) is 0 Å². The second-order valence-electron chi connectivity index (χ2n) is 1.45. The molecule has 0 radical (unpaired) electrons. The van der Waals surface area contributed by atoms with Crippen molar-refractivity contribution in [2.45, 2.75) is 0 Å². The van der Waals surface area contributed by atoms with Crippen molar-refractivity contribution in [1.82, 2.24) is 0 Å². The van der Waals surface area contributed by atoms with Crippen LogP contribution >= 0.6 is 0 Å². The van der Waals surface area contributed by atoms with Crippen LogP contribution in [0.4, 0.5) is 0 Å². The molecule has 0 aromatic carbocycles. The number of carbonyl (C=O) groups excluding carboxylic acids is 1. The normalized spacial score (nSPS) is 8.56. The Bertz CT molecular complexity index is 122. The van der Waals surface area contributed by atoms with Gasteiger partial charge in [0.2, 0.25) is 0 Å². The third-order valence-electron chi connectivity index (χ3n) is 0.613. The fraction of sp³-hybridized carbons (Fsp3) is 0.400. The van der Waals surface area contributed by atoms with Crippen LogP contribution in [-0.4, -0.2) is 19.1 Å². The molecule has 0 heterocycles. The molecule has 0 saturated carbocycles. The van der Waals surface area contributed by atoms with E-state index in [0.29, 0.717) is 6.54 Å². The second kappa shape index (κ2) is 3.91. The molecule has 0 bridgehead atoms. The van der Waals surface area contributed by atoms with Crippen LogP contribution in [0.2, 0.25) is 0 Å². The predicted molar refractivity (Wildman–Crippen MR) is 33.3 cm³/mol. The minimum Gasteiger partial charge on any atom is -0.460 e. The standard InChI is InChI=1S/C5H10N2O2/c1-4(7)5(8)9-3-2-6/h1-3,6-7H2. The van der Waals surface area contributed by atoms with Crippen molar-refractivity contribution < 1.29 is 9.53 Å². The maximum absolute atomic E-state index is 10.4. The van der Waals surface area contributed by atoms with Crippen LogP contribution in [-0.2, 0) is 9.53 Å². The van der Waals surface area contributed by atoms with Crippen LogP contribution in [0, 0.1) is 0 Å². The lowest BCUT2D eigenvalue weighted by Gasteiger charge is -1.99. The van der Waals surface area contributed by atoms with Crippen molar-refractivity contribution in [2.24, 2.45) is 11.5 Å². The molecule has 0 aromatic heterocycles. The molecule has 0 fully saturated rings. The Kier molecular flexibility index (Phi) is 3.46. The smallest absolute Gasteiger partial charge is 0.353 e. The zero-order valence-electron chi connectivity index (χ0n) is 5.09. The van der Waals surface area contributed by atoms with Crippen LogP contribution < -0.4 is 11.5 Å². The van der Waals surface area contributed by atoms with Gasteiger partial charge in [0.25, 0.3) is 0 Å². The maximum atomic E-state index is 10.4. The first kappa shape index (κ1) is 7.97. The number of carbonyl (C=O) groups is 1. The molecule has 0 unspecified atom stereocenters. The number of hydrogen-bond acceptors (Lipinski definition) is 4. The summed E-state index contributed by atoms with van der Waals surface area (Å²) in [5, 5.41) is 0. The van der Waals surface area contributed by atoms with E-state index in [1.807, 2.05) is 0 Å². The molecule has 0 aliphatic heterocycles. The first-order valence-electron chi connectivity index (χ1n) is 2.50. The fourth-order valence-corrected chi connectivity index (χ4v) is 0.244. The Morgan fingerprint density at radius 1 is 1.67 bits per heavy atom. The summed E-state index contributed by atoms with van der Waals surface area (Å²) in [7, 11) is 0. The first-order chi connectivity index (χ1) is 4.18. The zero-order valence-corrected chi connectivity index (χ0v) is 5.09. The quantitative estimate of drug-likeness (QED) is 0.378. The number of ether oxygens (including phenoxy) is 1. The van der Waals surface area contributed by atoms with Crippen molar-refractivity contribution in [3.05, 3.63) is 12.3 Å². The van der Waals surface area contributed by atoms with E-state index in [1.165, 1.54) is 0 Å². The molecular weight excluding hydrogens is 120 g/mol. The predicted octanol–water partition coefficient (Wildman–Crippen LogP) is -1.04. The Morgan fingerprint density at radius 2 is 2.22 bits per heavy atom. The van der Waals surface area contributed by atoms with Gasteiger partial charge < -0.3 is 16.2 Å². The Balaban J connectivity index is 3.39. The van der Waals surface area contributed by atoms with E-state index in [1.54, 1.807) is 0 Å². The van der Waals surface area contributed by atoms with Gasteiger partial charge in [0.1, 0.15) is 12.3 Å². The molecule has 0 aliphatic rings. The van der Waals surface area contributed by atoms with E-state index in [4.69, 9.17) is 11.5 Å². The Labute approximate surface area is 53.5 Å². The van der Waals surface area contributed by atoms with Gasteiger partial charge in [-0.15, -0.1) is 0 Å². The molecule has 0 aromatic rings. The highest BCUT2D eigenvalue weighted by atomic mass is 16.5. The monoisotopic (exact) mass is 130 g/mol. The van der Waals surface area contributed by atoms with Crippen molar-refractivity contribution in [2.75, 3.05) is 13.2 Å². The number of nitrogens with two attached hydrogens (primary N) is 2. The van der Waals surface area contributed by atoms with Crippen LogP contribution in [0.15, 0.2) is 12.3 Å². The van der Waals surface area contributed by atoms with E-state index in [2.05, 4.69) is 11.3 Å². The summed E-state index contributed by atoms with van der Waals surface area (Å²) in [6, 6.07) is 0. The van der Waals surface area contributed by atoms with Crippen molar-refractivity contribution in [3.8, 4) is 0 Å². The van der Waals surface area contributed by atoms with Gasteiger partial charge in [-0.25, -0.2) is 4.79 Å². The van der Waals surface area contributed by atoms with E-state index in [-0.39, 0.29) is 12.3 Å². The minimum absolute atomic E-state index is 0.0940. The van der Waals surface area contributed by atoms with E-state index in [0.717, 1.165) is 0 Å². The fourth-order valence-electron chi connectivity index (χ4n) is 0.244. The molecule has 4 heteroatoms. The van der Waals surface area contributed by atoms with Gasteiger partial charge in [-0.3, -0.25) is 0 Å². The van der Waals surface area contributed by atoms with Crippen molar-refractivity contribution >= 4 is 5.97 Å². The molecule has 0 rings (SSSR count). The number of rotatable bonds is 3. The highest BCUT2D eigenvalue weighted by molar-refractivity contribution is 5.86. The zero-order chi connectivity index (χ0) is 7.28. The largest absolute Gasteiger partial charge is 0.460 e. The molecule has 4 nitrogen and oxygen atoms in total.